The summed E-state index contributed by atoms with van der Waals surface area (Å²) in [4.78, 5) is 24.3. The smallest absolute Gasteiger partial charge is 0.401 e. The minimum atomic E-state index is -4.29. The second-order valence-electron chi connectivity index (χ2n) is 5.76. The van der Waals surface area contributed by atoms with E-state index in [0.29, 0.717) is 19.4 Å². The van der Waals surface area contributed by atoms with Crippen molar-refractivity contribution in [1.29, 1.82) is 0 Å². The van der Waals surface area contributed by atoms with Crippen LogP contribution in [0.5, 0.6) is 0 Å². The van der Waals surface area contributed by atoms with Gasteiger partial charge in [0.25, 0.3) is 0 Å². The molecule has 0 aromatic carbocycles. The molecule has 2 N–H and O–H groups in total. The van der Waals surface area contributed by atoms with Crippen LogP contribution in [0.2, 0.25) is 0 Å². The maximum Gasteiger partial charge on any atom is 0.401 e. The highest BCUT2D eigenvalue weighted by Gasteiger charge is 2.35. The zero-order valence-corrected chi connectivity index (χ0v) is 12.1. The molecule has 0 aliphatic carbocycles. The van der Waals surface area contributed by atoms with Gasteiger partial charge in [0.1, 0.15) is 6.04 Å². The molecule has 5 nitrogen and oxygen atoms in total. The van der Waals surface area contributed by atoms with E-state index in [1.807, 2.05) is 0 Å². The largest absolute Gasteiger partial charge is 0.480 e. The Morgan fingerprint density at radius 3 is 2.48 bits per heavy atom. The monoisotopic (exact) mass is 310 g/mol. The molecule has 21 heavy (non-hydrogen) atoms. The molecule has 0 radical (unpaired) electrons. The van der Waals surface area contributed by atoms with Gasteiger partial charge in [0, 0.05) is 6.54 Å². The van der Waals surface area contributed by atoms with E-state index >= 15 is 0 Å². The Morgan fingerprint density at radius 1 is 1.38 bits per heavy atom. The molecule has 0 saturated carbocycles. The Kier molecular flexibility index (Phi) is 6.00. The average Bonchev–Trinajstić information content (AvgIpc) is 2.33. The summed E-state index contributed by atoms with van der Waals surface area (Å²) in [5.74, 6) is -2.51. The lowest BCUT2D eigenvalue weighted by Crippen LogP contribution is -2.51. The van der Waals surface area contributed by atoms with E-state index in [1.54, 1.807) is 13.8 Å². The van der Waals surface area contributed by atoms with E-state index in [9.17, 15) is 22.8 Å². The average molecular weight is 310 g/mol. The fourth-order valence-electron chi connectivity index (χ4n) is 2.45. The molecule has 1 amide bonds. The normalized spacial score (nSPS) is 22.1. The lowest BCUT2D eigenvalue weighted by molar-refractivity contribution is -0.152. The molecular weight excluding hydrogens is 289 g/mol. The first-order chi connectivity index (χ1) is 9.60. The second kappa shape index (κ2) is 7.11. The summed E-state index contributed by atoms with van der Waals surface area (Å²) in [6, 6.07) is -1.02. The van der Waals surface area contributed by atoms with Crippen molar-refractivity contribution >= 4 is 11.9 Å². The van der Waals surface area contributed by atoms with Crippen molar-refractivity contribution in [3.8, 4) is 0 Å². The van der Waals surface area contributed by atoms with Gasteiger partial charge in [0.05, 0.1) is 12.5 Å². The molecule has 0 aromatic rings. The van der Waals surface area contributed by atoms with Crippen LogP contribution in [0, 0.1) is 11.8 Å². The Balaban J connectivity index is 2.59. The SMILES string of the molecule is CC(C)[C@@H](NC(=O)C1CCCN(CC(F)(F)F)C1)C(=O)O. The molecule has 0 spiro atoms. The molecule has 1 unspecified atom stereocenters. The number of hydrogen-bond acceptors (Lipinski definition) is 3. The molecule has 1 aliphatic rings. The number of carboxylic acids is 1. The minimum Gasteiger partial charge on any atom is -0.480 e. The summed E-state index contributed by atoms with van der Waals surface area (Å²) in [7, 11) is 0. The molecule has 122 valence electrons. The van der Waals surface area contributed by atoms with Crippen LogP contribution in [0.4, 0.5) is 13.2 Å². The van der Waals surface area contributed by atoms with Crippen LogP contribution in [0.3, 0.4) is 0 Å². The van der Waals surface area contributed by atoms with Gasteiger partial charge in [-0.05, 0) is 25.3 Å². The number of aliphatic carboxylic acids is 1. The summed E-state index contributed by atoms with van der Waals surface area (Å²) in [5.41, 5.74) is 0. The van der Waals surface area contributed by atoms with Crippen LogP contribution in [0.25, 0.3) is 0 Å². The molecule has 2 atom stereocenters. The van der Waals surface area contributed by atoms with Gasteiger partial charge in [-0.1, -0.05) is 13.8 Å². The van der Waals surface area contributed by atoms with E-state index < -0.39 is 36.6 Å². The van der Waals surface area contributed by atoms with E-state index in [0.717, 1.165) is 0 Å². The molecule has 1 rings (SSSR count). The number of nitrogens with one attached hydrogen (secondary N) is 1. The van der Waals surface area contributed by atoms with Gasteiger partial charge in [0.2, 0.25) is 5.91 Å². The number of carbonyl (C=O) groups excluding carboxylic acids is 1. The van der Waals surface area contributed by atoms with Gasteiger partial charge >= 0.3 is 12.1 Å². The summed E-state index contributed by atoms with van der Waals surface area (Å²) >= 11 is 0. The number of likely N-dealkylation sites (tertiary alicyclic amines) is 1. The topological polar surface area (TPSA) is 69.6 Å². The quantitative estimate of drug-likeness (QED) is 0.807. The van der Waals surface area contributed by atoms with Crippen molar-refractivity contribution in [3.05, 3.63) is 0 Å². The van der Waals surface area contributed by atoms with Crippen molar-refractivity contribution in [1.82, 2.24) is 10.2 Å². The van der Waals surface area contributed by atoms with Crippen LogP contribution in [-0.2, 0) is 9.59 Å². The lowest BCUT2D eigenvalue weighted by Gasteiger charge is -2.33. The maximum absolute atomic E-state index is 12.4. The summed E-state index contributed by atoms with van der Waals surface area (Å²) in [5, 5.41) is 11.4. The lowest BCUT2D eigenvalue weighted by atomic mass is 9.95. The zero-order chi connectivity index (χ0) is 16.2. The first kappa shape index (κ1) is 17.7. The number of piperidine rings is 1. The second-order valence-corrected chi connectivity index (χ2v) is 5.76. The van der Waals surface area contributed by atoms with Crippen molar-refractivity contribution in [2.24, 2.45) is 11.8 Å². The first-order valence-corrected chi connectivity index (χ1v) is 6.92. The number of nitrogens with zero attached hydrogens (tertiary/aromatic N) is 1. The van der Waals surface area contributed by atoms with Crippen LogP contribution in [0.15, 0.2) is 0 Å². The third kappa shape index (κ3) is 5.91. The van der Waals surface area contributed by atoms with Gasteiger partial charge in [0.15, 0.2) is 0 Å². The van der Waals surface area contributed by atoms with Crippen LogP contribution in [0.1, 0.15) is 26.7 Å². The fraction of sp³-hybridized carbons (Fsp3) is 0.846. The highest BCUT2D eigenvalue weighted by molar-refractivity contribution is 5.85. The molecule has 1 saturated heterocycles. The van der Waals surface area contributed by atoms with Crippen molar-refractivity contribution in [2.75, 3.05) is 19.6 Å². The van der Waals surface area contributed by atoms with E-state index in [-0.39, 0.29) is 12.5 Å². The van der Waals surface area contributed by atoms with Crippen LogP contribution < -0.4 is 5.32 Å². The number of amides is 1. The highest BCUT2D eigenvalue weighted by Crippen LogP contribution is 2.22. The molecule has 1 fully saturated rings. The number of carboxylic acid groups (broad SMARTS) is 1. The molecule has 8 heteroatoms. The highest BCUT2D eigenvalue weighted by atomic mass is 19.4. The van der Waals surface area contributed by atoms with E-state index in [1.165, 1.54) is 4.90 Å². The number of hydrogen-bond donors (Lipinski definition) is 2. The van der Waals surface area contributed by atoms with Gasteiger partial charge in [-0.25, -0.2) is 4.79 Å². The molecule has 0 bridgehead atoms. The Bertz CT molecular complexity index is 385. The maximum atomic E-state index is 12.4. The Morgan fingerprint density at radius 2 is 2.00 bits per heavy atom. The Labute approximate surface area is 121 Å². The van der Waals surface area contributed by atoms with Gasteiger partial charge in [-0.2, -0.15) is 13.2 Å². The number of carbonyl (C=O) groups is 2. The van der Waals surface area contributed by atoms with Gasteiger partial charge in [-0.15, -0.1) is 0 Å². The summed E-state index contributed by atoms with van der Waals surface area (Å²) < 4.78 is 37.1. The third-order valence-corrected chi connectivity index (χ3v) is 3.51. The number of halogens is 3. The van der Waals surface area contributed by atoms with Crippen molar-refractivity contribution in [2.45, 2.75) is 38.9 Å². The molecule has 1 aliphatic heterocycles. The minimum absolute atomic E-state index is 0.00970. The summed E-state index contributed by atoms with van der Waals surface area (Å²) in [6.07, 6.45) is -3.32. The third-order valence-electron chi connectivity index (χ3n) is 3.51. The predicted molar refractivity (Wildman–Crippen MR) is 69.6 cm³/mol. The first-order valence-electron chi connectivity index (χ1n) is 6.92. The standard InChI is InChI=1S/C13H21F3N2O3/c1-8(2)10(12(20)21)17-11(19)9-4-3-5-18(6-9)7-13(14,15)16/h8-10H,3-7H2,1-2H3,(H,17,19)(H,20,21)/t9?,10-/m1/s1. The van der Waals surface area contributed by atoms with Crippen molar-refractivity contribution in [3.63, 3.8) is 0 Å². The van der Waals surface area contributed by atoms with Gasteiger partial charge < -0.3 is 10.4 Å². The fourth-order valence-corrected chi connectivity index (χ4v) is 2.45. The number of rotatable bonds is 5. The van der Waals surface area contributed by atoms with E-state index in [2.05, 4.69) is 5.32 Å². The van der Waals surface area contributed by atoms with Crippen LogP contribution >= 0.6 is 0 Å². The van der Waals surface area contributed by atoms with Gasteiger partial charge in [-0.3, -0.25) is 9.69 Å². The van der Waals surface area contributed by atoms with Crippen molar-refractivity contribution < 1.29 is 27.9 Å². The molecule has 1 heterocycles. The zero-order valence-electron chi connectivity index (χ0n) is 12.1. The number of alkyl halides is 3. The van der Waals surface area contributed by atoms with E-state index in [4.69, 9.17) is 5.11 Å². The van der Waals surface area contributed by atoms with Crippen LogP contribution in [-0.4, -0.2) is 53.7 Å². The molecular formula is C13H21F3N2O3. The molecule has 0 aromatic heterocycles. The summed E-state index contributed by atoms with van der Waals surface area (Å²) in [6.45, 7) is 2.60. The predicted octanol–water partition coefficient (Wildman–Crippen LogP) is 1.49. The Hall–Kier alpha value is -1.31.